The van der Waals surface area contributed by atoms with Crippen LogP contribution in [0.1, 0.15) is 44.2 Å². The van der Waals surface area contributed by atoms with Gasteiger partial charge in [-0.1, -0.05) is 19.9 Å². The summed E-state index contributed by atoms with van der Waals surface area (Å²) in [6.45, 7) is 7.01. The summed E-state index contributed by atoms with van der Waals surface area (Å²) in [5, 5.41) is 0. The van der Waals surface area contributed by atoms with Crippen LogP contribution in [0.3, 0.4) is 0 Å². The van der Waals surface area contributed by atoms with Crippen molar-refractivity contribution in [3.63, 3.8) is 0 Å². The van der Waals surface area contributed by atoms with Gasteiger partial charge in [-0.15, -0.1) is 0 Å². The Hall–Kier alpha value is -1.02. The minimum absolute atomic E-state index is 0.540. The van der Waals surface area contributed by atoms with Gasteiger partial charge < -0.3 is 5.73 Å². The molecule has 0 bridgehead atoms. The van der Waals surface area contributed by atoms with Gasteiger partial charge in [0, 0.05) is 24.8 Å². The summed E-state index contributed by atoms with van der Waals surface area (Å²) >= 11 is 0. The molecule has 2 heteroatoms. The summed E-state index contributed by atoms with van der Waals surface area (Å²) in [4.78, 5) is 2.64. The molecule has 1 heterocycles. The van der Waals surface area contributed by atoms with E-state index in [0.29, 0.717) is 5.41 Å². The fourth-order valence-electron chi connectivity index (χ4n) is 3.41. The maximum atomic E-state index is 5.85. The molecule has 1 aliphatic heterocycles. The van der Waals surface area contributed by atoms with Crippen LogP contribution in [0.4, 0.5) is 5.69 Å². The molecule has 1 fully saturated rings. The Bertz CT molecular complexity index is 437. The monoisotopic (exact) mass is 230 g/mol. The van der Waals surface area contributed by atoms with Crippen molar-refractivity contribution >= 4 is 5.69 Å². The first-order chi connectivity index (χ1) is 8.03. The first kappa shape index (κ1) is 11.1. The van der Waals surface area contributed by atoms with E-state index in [1.54, 1.807) is 0 Å². The van der Waals surface area contributed by atoms with Gasteiger partial charge in [0.15, 0.2) is 0 Å². The molecule has 2 nitrogen and oxygen atoms in total. The minimum Gasteiger partial charge on any atom is -0.399 e. The molecule has 0 spiro atoms. The maximum absolute atomic E-state index is 5.85. The highest BCUT2D eigenvalue weighted by Crippen LogP contribution is 2.41. The molecule has 0 aromatic heterocycles. The number of nitrogens with two attached hydrogens (primary N) is 1. The van der Waals surface area contributed by atoms with Crippen LogP contribution < -0.4 is 5.73 Å². The fourth-order valence-corrected chi connectivity index (χ4v) is 3.41. The van der Waals surface area contributed by atoms with Crippen molar-refractivity contribution in [3.05, 3.63) is 29.3 Å². The van der Waals surface area contributed by atoms with Gasteiger partial charge in [0.25, 0.3) is 0 Å². The van der Waals surface area contributed by atoms with E-state index in [1.807, 2.05) is 6.07 Å². The van der Waals surface area contributed by atoms with E-state index in [-0.39, 0.29) is 0 Å². The van der Waals surface area contributed by atoms with Crippen LogP contribution in [-0.4, -0.2) is 10.9 Å². The number of nitrogen functional groups attached to an aromatic ring is 1. The Morgan fingerprint density at radius 2 is 2.00 bits per heavy atom. The van der Waals surface area contributed by atoms with Gasteiger partial charge in [0.05, 0.1) is 0 Å². The number of rotatable bonds is 1. The lowest BCUT2D eigenvalue weighted by Gasteiger charge is -2.25. The molecular weight excluding hydrogens is 208 g/mol. The summed E-state index contributed by atoms with van der Waals surface area (Å²) in [7, 11) is 0. The van der Waals surface area contributed by atoms with Crippen molar-refractivity contribution < 1.29 is 0 Å². The third-order valence-corrected chi connectivity index (χ3v) is 4.44. The summed E-state index contributed by atoms with van der Waals surface area (Å²) in [5.41, 5.74) is 10.2. The largest absolute Gasteiger partial charge is 0.399 e. The molecular formula is C15H22N2. The summed E-state index contributed by atoms with van der Waals surface area (Å²) in [6, 6.07) is 7.15. The molecule has 1 atom stereocenters. The van der Waals surface area contributed by atoms with Crippen LogP contribution >= 0.6 is 0 Å². The van der Waals surface area contributed by atoms with E-state index in [4.69, 9.17) is 5.73 Å². The molecule has 3 rings (SSSR count). The molecule has 92 valence electrons. The second-order valence-electron chi connectivity index (χ2n) is 6.49. The van der Waals surface area contributed by atoms with Crippen molar-refractivity contribution in [1.29, 1.82) is 0 Å². The van der Waals surface area contributed by atoms with Gasteiger partial charge in [-0.25, -0.2) is 0 Å². The van der Waals surface area contributed by atoms with E-state index >= 15 is 0 Å². The Morgan fingerprint density at radius 1 is 1.24 bits per heavy atom. The highest BCUT2D eigenvalue weighted by Gasteiger charge is 2.36. The number of hydrogen-bond acceptors (Lipinski definition) is 2. The maximum Gasteiger partial charge on any atom is 0.0317 e. The number of hydrogen-bond donors (Lipinski definition) is 1. The number of anilines is 1. The van der Waals surface area contributed by atoms with Crippen LogP contribution in [-0.2, 0) is 13.1 Å². The lowest BCUT2D eigenvalue weighted by Crippen LogP contribution is -2.29. The van der Waals surface area contributed by atoms with Crippen molar-refractivity contribution in [2.45, 2.75) is 52.2 Å². The van der Waals surface area contributed by atoms with Crippen molar-refractivity contribution in [2.24, 2.45) is 5.41 Å². The van der Waals surface area contributed by atoms with E-state index in [1.165, 1.54) is 30.4 Å². The molecule has 1 unspecified atom stereocenters. The van der Waals surface area contributed by atoms with Crippen molar-refractivity contribution in [3.8, 4) is 0 Å². The normalized spacial score (nSPS) is 27.3. The lowest BCUT2D eigenvalue weighted by atomic mass is 9.91. The van der Waals surface area contributed by atoms with Crippen LogP contribution in [0.2, 0.25) is 0 Å². The topological polar surface area (TPSA) is 29.3 Å². The molecule has 0 saturated heterocycles. The second-order valence-corrected chi connectivity index (χ2v) is 6.49. The molecule has 0 radical (unpaired) electrons. The standard InChI is InChI=1S/C15H22N2/c1-15(2)6-5-14(8-15)17-9-11-3-4-13(16)7-12(11)10-17/h3-4,7,14H,5-6,8-10,16H2,1-2H3. The first-order valence-electron chi connectivity index (χ1n) is 6.65. The predicted octanol–water partition coefficient (Wildman–Crippen LogP) is 3.16. The quantitative estimate of drug-likeness (QED) is 0.751. The number of benzene rings is 1. The van der Waals surface area contributed by atoms with E-state index < -0.39 is 0 Å². The number of nitrogens with zero attached hydrogens (tertiary/aromatic N) is 1. The van der Waals surface area contributed by atoms with Gasteiger partial charge >= 0.3 is 0 Å². The lowest BCUT2D eigenvalue weighted by molar-refractivity contribution is 0.188. The van der Waals surface area contributed by atoms with Crippen molar-refractivity contribution in [2.75, 3.05) is 5.73 Å². The van der Waals surface area contributed by atoms with Gasteiger partial charge in [0.1, 0.15) is 0 Å². The van der Waals surface area contributed by atoms with Crippen LogP contribution in [0.25, 0.3) is 0 Å². The summed E-state index contributed by atoms with van der Waals surface area (Å²) in [5.74, 6) is 0. The van der Waals surface area contributed by atoms with Crippen LogP contribution in [0.15, 0.2) is 18.2 Å². The fraction of sp³-hybridized carbons (Fsp3) is 0.600. The van der Waals surface area contributed by atoms with Gasteiger partial charge in [0.2, 0.25) is 0 Å². The Morgan fingerprint density at radius 3 is 2.71 bits per heavy atom. The SMILES string of the molecule is CC1(C)CCC(N2Cc3ccc(N)cc3C2)C1. The first-order valence-corrected chi connectivity index (χ1v) is 6.65. The third-order valence-electron chi connectivity index (χ3n) is 4.44. The van der Waals surface area contributed by atoms with E-state index in [0.717, 1.165) is 24.8 Å². The molecule has 1 aliphatic carbocycles. The average Bonchev–Trinajstić information content (AvgIpc) is 2.80. The molecule has 2 N–H and O–H groups in total. The molecule has 1 aromatic rings. The Balaban J connectivity index is 1.74. The van der Waals surface area contributed by atoms with E-state index in [9.17, 15) is 0 Å². The Kier molecular flexibility index (Phi) is 2.44. The third kappa shape index (κ3) is 2.06. The second kappa shape index (κ2) is 3.74. The zero-order chi connectivity index (χ0) is 12.0. The van der Waals surface area contributed by atoms with Gasteiger partial charge in [-0.05, 0) is 47.9 Å². The highest BCUT2D eigenvalue weighted by molar-refractivity contribution is 5.46. The molecule has 2 aliphatic rings. The average molecular weight is 230 g/mol. The zero-order valence-corrected chi connectivity index (χ0v) is 10.9. The summed E-state index contributed by atoms with van der Waals surface area (Å²) in [6.07, 6.45) is 4.07. The molecule has 1 aromatic carbocycles. The van der Waals surface area contributed by atoms with Crippen LogP contribution in [0, 0.1) is 5.41 Å². The molecule has 17 heavy (non-hydrogen) atoms. The van der Waals surface area contributed by atoms with Crippen molar-refractivity contribution in [1.82, 2.24) is 4.90 Å². The smallest absolute Gasteiger partial charge is 0.0317 e. The number of fused-ring (bicyclic) bond motifs is 1. The predicted molar refractivity (Wildman–Crippen MR) is 71.5 cm³/mol. The van der Waals surface area contributed by atoms with Crippen LogP contribution in [0.5, 0.6) is 0 Å². The summed E-state index contributed by atoms with van der Waals surface area (Å²) < 4.78 is 0. The zero-order valence-electron chi connectivity index (χ0n) is 10.9. The molecule has 0 amide bonds. The van der Waals surface area contributed by atoms with Gasteiger partial charge in [-0.2, -0.15) is 0 Å². The minimum atomic E-state index is 0.540. The van der Waals surface area contributed by atoms with Gasteiger partial charge in [-0.3, -0.25) is 4.90 Å². The highest BCUT2D eigenvalue weighted by atomic mass is 15.2. The Labute approximate surface area is 104 Å². The molecule has 1 saturated carbocycles. The van der Waals surface area contributed by atoms with E-state index in [2.05, 4.69) is 30.9 Å².